The smallest absolute Gasteiger partial charge is 0.203 e. The Bertz CT molecular complexity index is 1070. The number of rotatable bonds is 10. The Hall–Kier alpha value is -3.02. The summed E-state index contributed by atoms with van der Waals surface area (Å²) < 4.78 is 17.7. The van der Waals surface area contributed by atoms with Gasteiger partial charge in [0.15, 0.2) is 11.5 Å². The summed E-state index contributed by atoms with van der Waals surface area (Å²) in [5.41, 5.74) is 2.18. The molecule has 4 rings (SSSR count). The number of benzene rings is 4. The molecule has 4 aromatic carbocycles. The summed E-state index contributed by atoms with van der Waals surface area (Å²) in [7, 11) is 3.33. The minimum atomic E-state index is 0.0979. The Kier molecular flexibility index (Phi) is 8.23. The molecule has 0 saturated heterocycles. The third kappa shape index (κ3) is 6.28. The maximum absolute atomic E-state index is 6.14. The topological polar surface area (TPSA) is 27.7 Å². The molecule has 0 aromatic heterocycles. The molecule has 0 aliphatic carbocycles. The van der Waals surface area contributed by atoms with Gasteiger partial charge in [0.25, 0.3) is 0 Å². The van der Waals surface area contributed by atoms with Crippen LogP contribution in [0.5, 0.6) is 17.2 Å². The fourth-order valence-corrected chi connectivity index (χ4v) is 5.84. The van der Waals surface area contributed by atoms with Crippen LogP contribution in [0.3, 0.4) is 0 Å². The summed E-state index contributed by atoms with van der Waals surface area (Å²) in [4.78, 5) is 2.40. The van der Waals surface area contributed by atoms with E-state index in [1.165, 1.54) is 9.79 Å². The second-order valence-electron chi connectivity index (χ2n) is 7.22. The fraction of sp³-hybridized carbons (Fsp3) is 0.143. The maximum Gasteiger partial charge on any atom is 0.203 e. The summed E-state index contributed by atoms with van der Waals surface area (Å²) >= 11 is 3.60. The molecule has 0 heterocycles. The minimum Gasteiger partial charge on any atom is -0.493 e. The summed E-state index contributed by atoms with van der Waals surface area (Å²) in [6, 6.07) is 35.0. The van der Waals surface area contributed by atoms with Gasteiger partial charge in [-0.1, -0.05) is 66.7 Å². The monoisotopic (exact) mass is 474 g/mol. The Balaban J connectivity index is 1.66. The summed E-state index contributed by atoms with van der Waals surface area (Å²) in [6.45, 7) is 0.438. The zero-order chi connectivity index (χ0) is 22.9. The van der Waals surface area contributed by atoms with Gasteiger partial charge in [-0.05, 0) is 47.5 Å². The first kappa shape index (κ1) is 23.1. The van der Waals surface area contributed by atoms with Gasteiger partial charge < -0.3 is 14.2 Å². The van der Waals surface area contributed by atoms with Crippen LogP contribution in [-0.2, 0) is 6.61 Å². The molecule has 0 unspecified atom stereocenters. The van der Waals surface area contributed by atoms with E-state index in [0.717, 1.165) is 11.1 Å². The first-order valence-electron chi connectivity index (χ1n) is 10.6. The minimum absolute atomic E-state index is 0.0979. The molecule has 0 amide bonds. The average molecular weight is 475 g/mol. The van der Waals surface area contributed by atoms with Crippen LogP contribution >= 0.6 is 23.5 Å². The lowest BCUT2D eigenvalue weighted by Gasteiger charge is -2.21. The molecule has 5 heteroatoms. The number of ether oxygens (including phenoxy) is 3. The van der Waals surface area contributed by atoms with Gasteiger partial charge in [0, 0.05) is 9.79 Å². The van der Waals surface area contributed by atoms with Crippen LogP contribution in [-0.4, -0.2) is 14.2 Å². The van der Waals surface area contributed by atoms with Crippen LogP contribution in [0.15, 0.2) is 113 Å². The summed E-state index contributed by atoms with van der Waals surface area (Å²) in [5, 5.41) is 0. The molecule has 33 heavy (non-hydrogen) atoms. The fourth-order valence-electron chi connectivity index (χ4n) is 3.31. The van der Waals surface area contributed by atoms with E-state index >= 15 is 0 Å². The van der Waals surface area contributed by atoms with E-state index in [1.807, 2.05) is 42.5 Å². The molecule has 0 fully saturated rings. The highest BCUT2D eigenvalue weighted by molar-refractivity contribution is 8.16. The number of hydrogen-bond donors (Lipinski definition) is 0. The number of thioether (sulfide) groups is 2. The van der Waals surface area contributed by atoms with Crippen LogP contribution in [0.1, 0.15) is 15.7 Å². The van der Waals surface area contributed by atoms with Crippen molar-refractivity contribution in [1.82, 2.24) is 0 Å². The van der Waals surface area contributed by atoms with Crippen molar-refractivity contribution in [1.29, 1.82) is 0 Å². The lowest BCUT2D eigenvalue weighted by molar-refractivity contribution is 0.265. The molecule has 0 bridgehead atoms. The van der Waals surface area contributed by atoms with Crippen molar-refractivity contribution in [3.05, 3.63) is 114 Å². The Morgan fingerprint density at radius 3 is 1.55 bits per heavy atom. The van der Waals surface area contributed by atoms with E-state index in [9.17, 15) is 0 Å². The number of hydrogen-bond acceptors (Lipinski definition) is 5. The van der Waals surface area contributed by atoms with Crippen molar-refractivity contribution in [2.45, 2.75) is 21.0 Å². The molecule has 0 aliphatic heterocycles. The maximum atomic E-state index is 6.14. The van der Waals surface area contributed by atoms with Crippen molar-refractivity contribution in [3.63, 3.8) is 0 Å². The molecule has 168 valence electrons. The molecule has 0 radical (unpaired) electrons. The Morgan fingerprint density at radius 1 is 0.636 bits per heavy atom. The van der Waals surface area contributed by atoms with Gasteiger partial charge in [-0.3, -0.25) is 0 Å². The van der Waals surface area contributed by atoms with Crippen LogP contribution in [0.2, 0.25) is 0 Å². The van der Waals surface area contributed by atoms with E-state index in [4.69, 9.17) is 14.2 Å². The molecule has 3 nitrogen and oxygen atoms in total. The van der Waals surface area contributed by atoms with Gasteiger partial charge in [-0.15, -0.1) is 23.5 Å². The highest BCUT2D eigenvalue weighted by Crippen LogP contribution is 2.50. The molecular formula is C28H26O3S2. The van der Waals surface area contributed by atoms with E-state index in [0.29, 0.717) is 23.9 Å². The first-order valence-corrected chi connectivity index (χ1v) is 12.4. The lowest BCUT2D eigenvalue weighted by atomic mass is 10.2. The molecule has 0 atom stereocenters. The van der Waals surface area contributed by atoms with Gasteiger partial charge in [0.1, 0.15) is 6.61 Å². The van der Waals surface area contributed by atoms with Crippen molar-refractivity contribution >= 4 is 23.5 Å². The van der Waals surface area contributed by atoms with Crippen molar-refractivity contribution < 1.29 is 14.2 Å². The van der Waals surface area contributed by atoms with Crippen LogP contribution in [0, 0.1) is 0 Å². The van der Waals surface area contributed by atoms with Crippen LogP contribution in [0.25, 0.3) is 0 Å². The van der Waals surface area contributed by atoms with Gasteiger partial charge in [-0.2, -0.15) is 0 Å². The summed E-state index contributed by atoms with van der Waals surface area (Å²) in [5.74, 6) is 1.93. The SMILES string of the molecule is COc1cc(C(Sc2ccccc2)Sc2ccccc2)cc(OC)c1OCc1ccccc1. The highest BCUT2D eigenvalue weighted by Gasteiger charge is 2.21. The predicted octanol–water partition coefficient (Wildman–Crippen LogP) is 7.87. The van der Waals surface area contributed by atoms with E-state index in [1.54, 1.807) is 37.7 Å². The molecule has 0 spiro atoms. The zero-order valence-corrected chi connectivity index (χ0v) is 20.3. The Labute approximate surface area is 204 Å². The van der Waals surface area contributed by atoms with Gasteiger partial charge in [-0.25, -0.2) is 0 Å². The third-order valence-corrected chi connectivity index (χ3v) is 7.59. The predicted molar refractivity (Wildman–Crippen MR) is 138 cm³/mol. The number of methoxy groups -OCH3 is 2. The van der Waals surface area contributed by atoms with Gasteiger partial charge >= 0.3 is 0 Å². The van der Waals surface area contributed by atoms with E-state index in [2.05, 4.69) is 60.7 Å². The second kappa shape index (κ2) is 11.7. The molecular weight excluding hydrogens is 448 g/mol. The van der Waals surface area contributed by atoms with Crippen molar-refractivity contribution in [3.8, 4) is 17.2 Å². The molecule has 4 aromatic rings. The molecule has 0 saturated carbocycles. The standard InChI is InChI=1S/C28H26O3S2/c1-29-25-18-22(19-26(30-2)27(25)31-20-21-12-6-3-7-13-21)28(32-23-14-8-4-9-15-23)33-24-16-10-5-11-17-24/h3-19,28H,20H2,1-2H3. The third-order valence-electron chi connectivity index (χ3n) is 4.95. The van der Waals surface area contributed by atoms with E-state index < -0.39 is 0 Å². The van der Waals surface area contributed by atoms with E-state index in [-0.39, 0.29) is 4.58 Å². The van der Waals surface area contributed by atoms with Crippen LogP contribution in [0.4, 0.5) is 0 Å². The average Bonchev–Trinajstić information content (AvgIpc) is 2.88. The normalized spacial score (nSPS) is 10.8. The van der Waals surface area contributed by atoms with Crippen molar-refractivity contribution in [2.75, 3.05) is 14.2 Å². The lowest BCUT2D eigenvalue weighted by Crippen LogP contribution is -2.02. The highest BCUT2D eigenvalue weighted by atomic mass is 32.2. The molecule has 0 N–H and O–H groups in total. The molecule has 0 aliphatic rings. The van der Waals surface area contributed by atoms with Gasteiger partial charge in [0.05, 0.1) is 18.8 Å². The van der Waals surface area contributed by atoms with Gasteiger partial charge in [0.2, 0.25) is 5.75 Å². The Morgan fingerprint density at radius 2 is 1.09 bits per heavy atom. The van der Waals surface area contributed by atoms with Crippen molar-refractivity contribution in [2.24, 2.45) is 0 Å². The largest absolute Gasteiger partial charge is 0.493 e. The quantitative estimate of drug-likeness (QED) is 0.172. The first-order chi connectivity index (χ1) is 16.3. The summed E-state index contributed by atoms with van der Waals surface area (Å²) in [6.07, 6.45) is 0. The zero-order valence-electron chi connectivity index (χ0n) is 18.6. The second-order valence-corrected chi connectivity index (χ2v) is 9.88. The van der Waals surface area contributed by atoms with Crippen LogP contribution < -0.4 is 14.2 Å².